The van der Waals surface area contributed by atoms with Gasteiger partial charge in [0.1, 0.15) is 17.2 Å². The summed E-state index contributed by atoms with van der Waals surface area (Å²) in [6.07, 6.45) is 1.94. The normalized spacial score (nSPS) is 14.1. The van der Waals surface area contributed by atoms with Crippen molar-refractivity contribution in [3.05, 3.63) is 65.8 Å². The lowest BCUT2D eigenvalue weighted by Crippen LogP contribution is -2.49. The second-order valence-electron chi connectivity index (χ2n) is 7.58. The van der Waals surface area contributed by atoms with Gasteiger partial charge in [-0.3, -0.25) is 9.20 Å². The Morgan fingerprint density at radius 1 is 0.969 bits per heavy atom. The summed E-state index contributed by atoms with van der Waals surface area (Å²) in [4.78, 5) is 23.0. The molecule has 5 rings (SSSR count). The molecule has 0 N–H and O–H groups in total. The van der Waals surface area contributed by atoms with E-state index < -0.39 is 0 Å². The average Bonchev–Trinajstić information content (AvgIpc) is 3.45. The van der Waals surface area contributed by atoms with Crippen LogP contribution in [0.5, 0.6) is 11.5 Å². The first-order valence-corrected chi connectivity index (χ1v) is 11.3. The number of nitrogens with zero attached hydrogens (tertiary/aromatic N) is 4. The van der Waals surface area contributed by atoms with E-state index in [1.54, 1.807) is 14.2 Å². The molecule has 0 aliphatic carbocycles. The Balaban J connectivity index is 1.32. The molecule has 8 heteroatoms. The van der Waals surface area contributed by atoms with Crippen LogP contribution in [0.1, 0.15) is 10.5 Å². The number of carbonyl (C=O) groups excluding carboxylic acids is 1. The summed E-state index contributed by atoms with van der Waals surface area (Å²) < 4.78 is 12.6. The number of piperazine rings is 1. The van der Waals surface area contributed by atoms with Gasteiger partial charge < -0.3 is 19.3 Å². The summed E-state index contributed by atoms with van der Waals surface area (Å²) in [5.41, 5.74) is 3.56. The van der Waals surface area contributed by atoms with Crippen LogP contribution in [-0.4, -0.2) is 60.6 Å². The van der Waals surface area contributed by atoms with Crippen LogP contribution in [0.4, 0.5) is 5.69 Å². The van der Waals surface area contributed by atoms with E-state index in [1.807, 2.05) is 63.3 Å². The molecular weight excluding hydrogens is 424 g/mol. The summed E-state index contributed by atoms with van der Waals surface area (Å²) in [6.45, 7) is 2.85. The predicted octanol–water partition coefficient (Wildman–Crippen LogP) is 4.04. The van der Waals surface area contributed by atoms with E-state index in [9.17, 15) is 4.79 Å². The van der Waals surface area contributed by atoms with Crippen LogP contribution >= 0.6 is 11.3 Å². The minimum atomic E-state index is 0.0367. The van der Waals surface area contributed by atoms with E-state index in [0.29, 0.717) is 18.8 Å². The van der Waals surface area contributed by atoms with Gasteiger partial charge in [-0.2, -0.15) is 0 Å². The number of benzene rings is 2. The fourth-order valence-electron chi connectivity index (χ4n) is 4.04. The molecule has 1 fully saturated rings. The third-order valence-electron chi connectivity index (χ3n) is 5.81. The second-order valence-corrected chi connectivity index (χ2v) is 8.42. The number of aromatic nitrogens is 2. The number of rotatable bonds is 5. The van der Waals surface area contributed by atoms with Crippen molar-refractivity contribution in [2.45, 2.75) is 0 Å². The largest absolute Gasteiger partial charge is 0.497 e. The SMILES string of the molecule is COc1ccc(-c2cn3c(C(=O)N4CCN(c5ccccc5OC)CC4)csc3n2)cc1. The minimum absolute atomic E-state index is 0.0367. The molecule has 1 saturated heterocycles. The highest BCUT2D eigenvalue weighted by Gasteiger charge is 2.26. The molecule has 1 aliphatic heterocycles. The summed E-state index contributed by atoms with van der Waals surface area (Å²) in [5.74, 6) is 1.70. The number of ether oxygens (including phenoxy) is 2. The van der Waals surface area contributed by atoms with Crippen molar-refractivity contribution in [2.24, 2.45) is 0 Å². The molecule has 1 amide bonds. The predicted molar refractivity (Wildman–Crippen MR) is 126 cm³/mol. The highest BCUT2D eigenvalue weighted by molar-refractivity contribution is 7.15. The number of para-hydroxylation sites is 2. The Morgan fingerprint density at radius 3 is 2.44 bits per heavy atom. The van der Waals surface area contributed by atoms with Crippen molar-refractivity contribution in [3.8, 4) is 22.8 Å². The molecule has 0 bridgehead atoms. The van der Waals surface area contributed by atoms with Crippen LogP contribution < -0.4 is 14.4 Å². The van der Waals surface area contributed by atoms with Gasteiger partial charge in [-0.15, -0.1) is 11.3 Å². The van der Waals surface area contributed by atoms with Crippen LogP contribution in [0.3, 0.4) is 0 Å². The van der Waals surface area contributed by atoms with Gasteiger partial charge in [0.25, 0.3) is 5.91 Å². The zero-order valence-electron chi connectivity index (χ0n) is 18.0. The Kier molecular flexibility index (Phi) is 5.45. The van der Waals surface area contributed by atoms with Gasteiger partial charge in [-0.05, 0) is 36.4 Å². The number of thiazole rings is 1. The maximum absolute atomic E-state index is 13.3. The number of imidazole rings is 1. The maximum atomic E-state index is 13.3. The van der Waals surface area contributed by atoms with E-state index in [0.717, 1.165) is 46.5 Å². The second kappa shape index (κ2) is 8.55. The molecule has 2 aromatic carbocycles. The maximum Gasteiger partial charge on any atom is 0.271 e. The quantitative estimate of drug-likeness (QED) is 0.461. The van der Waals surface area contributed by atoms with Gasteiger partial charge in [0.2, 0.25) is 0 Å². The smallest absolute Gasteiger partial charge is 0.271 e. The fourth-order valence-corrected chi connectivity index (χ4v) is 4.89. The van der Waals surface area contributed by atoms with E-state index >= 15 is 0 Å². The number of amides is 1. The Hall–Kier alpha value is -3.52. The molecule has 0 unspecified atom stereocenters. The van der Waals surface area contributed by atoms with E-state index in [-0.39, 0.29) is 5.91 Å². The molecule has 164 valence electrons. The van der Waals surface area contributed by atoms with Crippen molar-refractivity contribution in [1.82, 2.24) is 14.3 Å². The highest BCUT2D eigenvalue weighted by Crippen LogP contribution is 2.29. The zero-order valence-corrected chi connectivity index (χ0v) is 18.8. The number of methoxy groups -OCH3 is 2. The van der Waals surface area contributed by atoms with Crippen LogP contribution in [0.15, 0.2) is 60.1 Å². The number of carbonyl (C=O) groups is 1. The van der Waals surface area contributed by atoms with Crippen LogP contribution in [0.2, 0.25) is 0 Å². The first-order valence-electron chi connectivity index (χ1n) is 10.5. The Morgan fingerprint density at radius 2 is 1.72 bits per heavy atom. The van der Waals surface area contributed by atoms with E-state index in [4.69, 9.17) is 14.5 Å². The standard InChI is InChI=1S/C24H24N4O3S/c1-30-18-9-7-17(8-10-18)19-15-28-21(16-32-24(28)25-19)23(29)27-13-11-26(12-14-27)20-5-3-4-6-22(20)31-2/h3-10,15-16H,11-14H2,1-2H3. The monoisotopic (exact) mass is 448 g/mol. The molecule has 1 aliphatic rings. The van der Waals surface area contributed by atoms with Crippen LogP contribution in [-0.2, 0) is 0 Å². The molecule has 2 aromatic heterocycles. The molecule has 4 aromatic rings. The first-order chi connectivity index (χ1) is 15.7. The van der Waals surface area contributed by atoms with Crippen molar-refractivity contribution in [2.75, 3.05) is 45.3 Å². The van der Waals surface area contributed by atoms with Gasteiger partial charge in [0, 0.05) is 43.3 Å². The molecular formula is C24H24N4O3S. The third-order valence-corrected chi connectivity index (χ3v) is 6.65. The first kappa shape index (κ1) is 20.4. The van der Waals surface area contributed by atoms with Gasteiger partial charge in [-0.25, -0.2) is 4.98 Å². The lowest BCUT2D eigenvalue weighted by molar-refractivity contribution is 0.0740. The zero-order chi connectivity index (χ0) is 22.1. The molecule has 7 nitrogen and oxygen atoms in total. The van der Waals surface area contributed by atoms with Crippen LogP contribution in [0.25, 0.3) is 16.2 Å². The van der Waals surface area contributed by atoms with Gasteiger partial charge in [0.15, 0.2) is 4.96 Å². The molecule has 0 saturated carbocycles. The summed E-state index contributed by atoms with van der Waals surface area (Å²) >= 11 is 1.48. The molecule has 0 atom stereocenters. The Labute approximate surface area is 190 Å². The van der Waals surface area contributed by atoms with E-state index in [2.05, 4.69) is 11.0 Å². The number of hydrogen-bond donors (Lipinski definition) is 0. The average molecular weight is 449 g/mol. The lowest BCUT2D eigenvalue weighted by atomic mass is 10.2. The van der Waals surface area contributed by atoms with Gasteiger partial charge >= 0.3 is 0 Å². The van der Waals surface area contributed by atoms with Crippen molar-refractivity contribution in [1.29, 1.82) is 0 Å². The number of hydrogen-bond acceptors (Lipinski definition) is 6. The third kappa shape index (κ3) is 3.67. The van der Waals surface area contributed by atoms with Crippen LogP contribution in [0, 0.1) is 0 Å². The topological polar surface area (TPSA) is 59.3 Å². The van der Waals surface area contributed by atoms with Crippen molar-refractivity contribution < 1.29 is 14.3 Å². The number of anilines is 1. The number of fused-ring (bicyclic) bond motifs is 1. The summed E-state index contributed by atoms with van der Waals surface area (Å²) in [7, 11) is 3.33. The Bertz CT molecular complexity index is 1240. The minimum Gasteiger partial charge on any atom is -0.497 e. The summed E-state index contributed by atoms with van der Waals surface area (Å²) in [5, 5.41) is 1.90. The lowest BCUT2D eigenvalue weighted by Gasteiger charge is -2.36. The van der Waals surface area contributed by atoms with Crippen molar-refractivity contribution >= 4 is 27.9 Å². The molecule has 3 heterocycles. The highest BCUT2D eigenvalue weighted by atomic mass is 32.1. The summed E-state index contributed by atoms with van der Waals surface area (Å²) in [6, 6.07) is 15.8. The van der Waals surface area contributed by atoms with E-state index in [1.165, 1.54) is 11.3 Å². The van der Waals surface area contributed by atoms with Crippen molar-refractivity contribution in [3.63, 3.8) is 0 Å². The van der Waals surface area contributed by atoms with Gasteiger partial charge in [-0.1, -0.05) is 12.1 Å². The molecule has 32 heavy (non-hydrogen) atoms. The molecule has 0 radical (unpaired) electrons. The molecule has 0 spiro atoms. The van der Waals surface area contributed by atoms with Gasteiger partial charge in [0.05, 0.1) is 25.6 Å². The fraction of sp³-hybridized carbons (Fsp3) is 0.250.